The van der Waals surface area contributed by atoms with Crippen LogP contribution in [0.4, 0.5) is 0 Å². The number of nitrogens with one attached hydrogen (secondary N) is 1. The zero-order valence-corrected chi connectivity index (χ0v) is 17.9. The summed E-state index contributed by atoms with van der Waals surface area (Å²) in [5, 5.41) is 15.4. The minimum Gasteiger partial charge on any atom is -0.497 e. The number of unbranched alkanes of at least 4 members (excludes halogenated alkanes) is 4. The number of aliphatic hydroxyl groups excluding tert-OH is 1. The molecule has 3 atom stereocenters. The third-order valence-corrected chi connectivity index (χ3v) is 5.92. The van der Waals surface area contributed by atoms with E-state index in [1.807, 2.05) is 24.3 Å². The number of hydrogen-bond donors (Lipinski definition) is 2. The van der Waals surface area contributed by atoms with E-state index >= 15 is 0 Å². The summed E-state index contributed by atoms with van der Waals surface area (Å²) in [6.45, 7) is 3.99. The first-order valence-corrected chi connectivity index (χ1v) is 11.2. The van der Waals surface area contributed by atoms with Gasteiger partial charge in [0.2, 0.25) is 0 Å². The molecule has 2 heterocycles. The second-order valence-electron chi connectivity index (χ2n) is 8.14. The third kappa shape index (κ3) is 6.39. The lowest BCUT2D eigenvalue weighted by Gasteiger charge is -2.32. The maximum Gasteiger partial charge on any atom is 0.119 e. The van der Waals surface area contributed by atoms with Crippen LogP contribution in [0.15, 0.2) is 30.5 Å². The van der Waals surface area contributed by atoms with Crippen LogP contribution >= 0.6 is 0 Å². The van der Waals surface area contributed by atoms with E-state index in [9.17, 15) is 5.11 Å². The van der Waals surface area contributed by atoms with Gasteiger partial charge < -0.3 is 19.9 Å². The molecule has 5 nitrogen and oxygen atoms in total. The molecule has 2 aromatic rings. The summed E-state index contributed by atoms with van der Waals surface area (Å²) in [5.41, 5.74) is 2.00. The summed E-state index contributed by atoms with van der Waals surface area (Å²) in [7, 11) is 1.66. The topological polar surface area (TPSA) is 63.6 Å². The standard InChI is InChI=1S/C24H36N2O3/c1-3-4-5-6-7-13-25-19-8-11-24(29-17-19)23(27)15-18-12-14-26-22-10-9-20(28-2)16-21(18)22/h9-10,12,14,16,19,23-25,27H,3-8,11,13,15,17H2,1-2H3/t19-,23+,24+/m1/s1. The molecule has 29 heavy (non-hydrogen) atoms. The number of ether oxygens (including phenoxy) is 2. The first-order chi connectivity index (χ1) is 14.2. The summed E-state index contributed by atoms with van der Waals surface area (Å²) in [6, 6.07) is 8.26. The van der Waals surface area contributed by atoms with Gasteiger partial charge in [-0.2, -0.15) is 0 Å². The summed E-state index contributed by atoms with van der Waals surface area (Å²) < 4.78 is 11.4. The lowest BCUT2D eigenvalue weighted by Crippen LogP contribution is -2.44. The van der Waals surface area contributed by atoms with Gasteiger partial charge in [-0.3, -0.25) is 4.98 Å². The molecule has 0 aliphatic carbocycles. The molecular weight excluding hydrogens is 364 g/mol. The van der Waals surface area contributed by atoms with E-state index in [2.05, 4.69) is 17.2 Å². The number of rotatable bonds is 11. The summed E-state index contributed by atoms with van der Waals surface area (Å²) in [6.07, 6.45) is 10.2. The second kappa shape index (κ2) is 11.5. The van der Waals surface area contributed by atoms with E-state index < -0.39 is 6.10 Å². The van der Waals surface area contributed by atoms with Gasteiger partial charge in [0, 0.05) is 24.0 Å². The van der Waals surface area contributed by atoms with Gasteiger partial charge in [-0.1, -0.05) is 32.6 Å². The van der Waals surface area contributed by atoms with Crippen molar-refractivity contribution < 1.29 is 14.6 Å². The first kappa shape index (κ1) is 22.0. The van der Waals surface area contributed by atoms with Crippen molar-refractivity contribution in [1.82, 2.24) is 10.3 Å². The highest BCUT2D eigenvalue weighted by atomic mass is 16.5. The van der Waals surface area contributed by atoms with E-state index in [4.69, 9.17) is 9.47 Å². The van der Waals surface area contributed by atoms with E-state index in [1.54, 1.807) is 13.3 Å². The normalized spacial score (nSPS) is 20.7. The average Bonchev–Trinajstić information content (AvgIpc) is 2.76. The fourth-order valence-corrected chi connectivity index (χ4v) is 4.12. The van der Waals surface area contributed by atoms with E-state index in [0.717, 1.165) is 41.6 Å². The minimum absolute atomic E-state index is 0.105. The van der Waals surface area contributed by atoms with Crippen molar-refractivity contribution in [3.8, 4) is 5.75 Å². The molecule has 3 rings (SSSR count). The van der Waals surface area contributed by atoms with Crippen molar-refractivity contribution in [1.29, 1.82) is 0 Å². The fourth-order valence-electron chi connectivity index (χ4n) is 4.12. The van der Waals surface area contributed by atoms with Crippen molar-refractivity contribution in [2.24, 2.45) is 0 Å². The minimum atomic E-state index is -0.512. The lowest BCUT2D eigenvalue weighted by molar-refractivity contribution is -0.0714. The Morgan fingerprint density at radius 1 is 1.21 bits per heavy atom. The third-order valence-electron chi connectivity index (χ3n) is 5.92. The Hall–Kier alpha value is -1.69. The zero-order valence-electron chi connectivity index (χ0n) is 17.9. The molecule has 1 saturated heterocycles. The van der Waals surface area contributed by atoms with Gasteiger partial charge in [0.1, 0.15) is 5.75 Å². The van der Waals surface area contributed by atoms with Crippen LogP contribution in [0.3, 0.4) is 0 Å². The van der Waals surface area contributed by atoms with Gasteiger partial charge in [0.15, 0.2) is 0 Å². The number of hydrogen-bond acceptors (Lipinski definition) is 5. The van der Waals surface area contributed by atoms with Gasteiger partial charge in [-0.25, -0.2) is 0 Å². The molecule has 1 aromatic heterocycles. The zero-order chi connectivity index (χ0) is 20.5. The highest BCUT2D eigenvalue weighted by molar-refractivity contribution is 5.83. The number of methoxy groups -OCH3 is 1. The number of nitrogens with zero attached hydrogens (tertiary/aromatic N) is 1. The predicted molar refractivity (Wildman–Crippen MR) is 118 cm³/mol. The van der Waals surface area contributed by atoms with Crippen LogP contribution in [-0.2, 0) is 11.2 Å². The van der Waals surface area contributed by atoms with Gasteiger partial charge >= 0.3 is 0 Å². The average molecular weight is 401 g/mol. The van der Waals surface area contributed by atoms with Crippen LogP contribution in [-0.4, -0.2) is 48.6 Å². The molecule has 0 saturated carbocycles. The largest absolute Gasteiger partial charge is 0.497 e. The van der Waals surface area contributed by atoms with Crippen LogP contribution in [0.5, 0.6) is 5.75 Å². The molecule has 2 N–H and O–H groups in total. The molecule has 1 fully saturated rings. The van der Waals surface area contributed by atoms with E-state index in [-0.39, 0.29) is 6.10 Å². The van der Waals surface area contributed by atoms with Gasteiger partial charge in [0.05, 0.1) is 31.4 Å². The lowest BCUT2D eigenvalue weighted by atomic mass is 9.95. The Balaban J connectivity index is 1.46. The Morgan fingerprint density at radius 2 is 2.07 bits per heavy atom. The van der Waals surface area contributed by atoms with E-state index in [1.165, 1.54) is 32.1 Å². The van der Waals surface area contributed by atoms with Gasteiger partial charge in [0.25, 0.3) is 0 Å². The SMILES string of the molecule is CCCCCCCN[C@@H]1CC[C@@H]([C@@H](O)Cc2ccnc3ccc(OC)cc23)OC1. The Kier molecular flexibility index (Phi) is 8.71. The van der Waals surface area contributed by atoms with E-state index in [0.29, 0.717) is 19.1 Å². The van der Waals surface area contributed by atoms with Crippen molar-refractivity contribution in [2.45, 2.75) is 76.5 Å². The highest BCUT2D eigenvalue weighted by Gasteiger charge is 2.27. The maximum absolute atomic E-state index is 10.8. The molecule has 1 aromatic carbocycles. The molecule has 160 valence electrons. The molecular formula is C24H36N2O3. The molecule has 1 aliphatic heterocycles. The van der Waals surface area contributed by atoms with Crippen molar-refractivity contribution >= 4 is 10.9 Å². The number of pyridine rings is 1. The Morgan fingerprint density at radius 3 is 2.83 bits per heavy atom. The van der Waals surface area contributed by atoms with Gasteiger partial charge in [-0.15, -0.1) is 0 Å². The quantitative estimate of drug-likeness (QED) is 0.552. The van der Waals surface area contributed by atoms with Crippen LogP contribution < -0.4 is 10.1 Å². The van der Waals surface area contributed by atoms with Crippen LogP contribution in [0.2, 0.25) is 0 Å². The summed E-state index contributed by atoms with van der Waals surface area (Å²) >= 11 is 0. The fraction of sp³-hybridized carbons (Fsp3) is 0.625. The predicted octanol–water partition coefficient (Wildman–Crippen LogP) is 4.25. The Bertz CT molecular complexity index is 744. The molecule has 1 aliphatic rings. The van der Waals surface area contributed by atoms with Crippen molar-refractivity contribution in [3.05, 3.63) is 36.0 Å². The molecule has 5 heteroatoms. The smallest absolute Gasteiger partial charge is 0.119 e. The number of fused-ring (bicyclic) bond motifs is 1. The molecule has 0 spiro atoms. The highest BCUT2D eigenvalue weighted by Crippen LogP contribution is 2.25. The summed E-state index contributed by atoms with van der Waals surface area (Å²) in [5.74, 6) is 0.804. The van der Waals surface area contributed by atoms with Crippen LogP contribution in [0, 0.1) is 0 Å². The Labute approximate surface area is 174 Å². The number of aromatic nitrogens is 1. The van der Waals surface area contributed by atoms with Crippen molar-refractivity contribution in [2.75, 3.05) is 20.3 Å². The van der Waals surface area contributed by atoms with Gasteiger partial charge in [-0.05, 0) is 55.6 Å². The number of aliphatic hydroxyl groups is 1. The van der Waals surface area contributed by atoms with Crippen LogP contribution in [0.25, 0.3) is 10.9 Å². The first-order valence-electron chi connectivity index (χ1n) is 11.2. The molecule has 0 radical (unpaired) electrons. The maximum atomic E-state index is 10.8. The molecule has 0 amide bonds. The molecule has 0 bridgehead atoms. The number of benzene rings is 1. The molecule has 0 unspecified atom stereocenters. The van der Waals surface area contributed by atoms with Crippen molar-refractivity contribution in [3.63, 3.8) is 0 Å². The van der Waals surface area contributed by atoms with Crippen LogP contribution in [0.1, 0.15) is 57.4 Å². The summed E-state index contributed by atoms with van der Waals surface area (Å²) in [4.78, 5) is 4.42. The second-order valence-corrected chi connectivity index (χ2v) is 8.14. The monoisotopic (exact) mass is 400 g/mol.